The molecule has 0 radical (unpaired) electrons. The van der Waals surface area contributed by atoms with Crippen molar-refractivity contribution in [2.45, 2.75) is 50.8 Å². The second-order valence-corrected chi connectivity index (χ2v) is 7.59. The quantitative estimate of drug-likeness (QED) is 0.777. The Hall–Kier alpha value is -1.62. The van der Waals surface area contributed by atoms with E-state index in [-0.39, 0.29) is 27.3 Å². The molecule has 1 unspecified atom stereocenters. The molecular formula is C17H22O4S. The molecule has 0 saturated heterocycles. The number of aromatic hydroxyl groups is 1. The Kier molecular flexibility index (Phi) is 5.06. The topological polar surface area (TPSA) is 71.4 Å². The van der Waals surface area contributed by atoms with E-state index in [1.54, 1.807) is 0 Å². The molecule has 0 bridgehead atoms. The highest BCUT2D eigenvalue weighted by molar-refractivity contribution is 7.96. The first-order valence-corrected chi connectivity index (χ1v) is 9.24. The largest absolute Gasteiger partial charge is 0.508 e. The first-order valence-electron chi connectivity index (χ1n) is 7.75. The Bertz CT molecular complexity index is 701. The number of sulfone groups is 1. The highest BCUT2D eigenvalue weighted by Crippen LogP contribution is 2.37. The molecule has 0 amide bonds. The fourth-order valence-electron chi connectivity index (χ4n) is 2.78. The lowest BCUT2D eigenvalue weighted by Gasteiger charge is -2.14. The van der Waals surface area contributed by atoms with Crippen molar-refractivity contribution in [2.75, 3.05) is 0 Å². The van der Waals surface area contributed by atoms with Gasteiger partial charge in [0.1, 0.15) is 10.7 Å². The van der Waals surface area contributed by atoms with E-state index in [1.807, 2.05) is 6.92 Å². The predicted molar refractivity (Wildman–Crippen MR) is 86.2 cm³/mol. The Morgan fingerprint density at radius 2 is 1.95 bits per heavy atom. The minimum absolute atomic E-state index is 0.0271. The average molecular weight is 322 g/mol. The summed E-state index contributed by atoms with van der Waals surface area (Å²) in [4.78, 5) is 12.5. The van der Waals surface area contributed by atoms with Crippen LogP contribution in [0, 0.1) is 5.92 Å². The lowest BCUT2D eigenvalue weighted by molar-refractivity contribution is -0.118. The van der Waals surface area contributed by atoms with Crippen LogP contribution in [-0.4, -0.2) is 19.3 Å². The molecule has 5 heteroatoms. The van der Waals surface area contributed by atoms with Gasteiger partial charge < -0.3 is 5.11 Å². The predicted octanol–water partition coefficient (Wildman–Crippen LogP) is 3.70. The Labute approximate surface area is 131 Å². The lowest BCUT2D eigenvalue weighted by Crippen LogP contribution is -2.20. The van der Waals surface area contributed by atoms with Crippen LogP contribution >= 0.6 is 0 Å². The normalized spacial score (nSPS) is 16.9. The molecule has 1 N–H and O–H groups in total. The van der Waals surface area contributed by atoms with Crippen molar-refractivity contribution in [3.05, 3.63) is 28.7 Å². The molecule has 120 valence electrons. The van der Waals surface area contributed by atoms with Gasteiger partial charge in [0.25, 0.3) is 0 Å². The van der Waals surface area contributed by atoms with E-state index >= 15 is 0 Å². The number of phenolic OH excluding ortho intramolecular Hbond substituents is 1. The molecule has 4 nitrogen and oxygen atoms in total. The summed E-state index contributed by atoms with van der Waals surface area (Å²) in [6.07, 6.45) is 5.84. The maximum absolute atomic E-state index is 12.6. The summed E-state index contributed by atoms with van der Waals surface area (Å²) < 4.78 is 25.1. The molecule has 1 heterocycles. The minimum Gasteiger partial charge on any atom is -0.508 e. The van der Waals surface area contributed by atoms with Gasteiger partial charge in [-0.25, -0.2) is 8.42 Å². The van der Waals surface area contributed by atoms with Gasteiger partial charge in [0.05, 0.1) is 4.90 Å². The summed E-state index contributed by atoms with van der Waals surface area (Å²) in [7, 11) is -3.80. The van der Waals surface area contributed by atoms with E-state index < -0.39 is 9.84 Å². The number of benzene rings is 1. The Morgan fingerprint density at radius 1 is 1.23 bits per heavy atom. The molecule has 22 heavy (non-hydrogen) atoms. The fraction of sp³-hybridized carbons (Fsp3) is 0.471. The molecule has 0 aliphatic carbocycles. The Balaban J connectivity index is 2.28. The number of phenols is 1. The van der Waals surface area contributed by atoms with E-state index in [4.69, 9.17) is 0 Å². The van der Waals surface area contributed by atoms with Crippen LogP contribution in [-0.2, 0) is 14.6 Å². The number of hydrogen-bond donors (Lipinski definition) is 1. The monoisotopic (exact) mass is 322 g/mol. The van der Waals surface area contributed by atoms with Gasteiger partial charge in [-0.1, -0.05) is 33.1 Å². The van der Waals surface area contributed by atoms with Crippen molar-refractivity contribution in [3.63, 3.8) is 0 Å². The van der Waals surface area contributed by atoms with Gasteiger partial charge in [-0.2, -0.15) is 0 Å². The van der Waals surface area contributed by atoms with Crippen molar-refractivity contribution < 1.29 is 18.3 Å². The zero-order valence-electron chi connectivity index (χ0n) is 13.0. The summed E-state index contributed by atoms with van der Waals surface area (Å²) in [6, 6.07) is 4.16. The fourth-order valence-corrected chi connectivity index (χ4v) is 4.44. The van der Waals surface area contributed by atoms with Crippen molar-refractivity contribution >= 4 is 21.7 Å². The van der Waals surface area contributed by atoms with Crippen LogP contribution in [0.15, 0.2) is 28.0 Å². The lowest BCUT2D eigenvalue weighted by atomic mass is 9.93. The van der Waals surface area contributed by atoms with Crippen molar-refractivity contribution in [1.29, 1.82) is 0 Å². The molecule has 0 spiro atoms. The van der Waals surface area contributed by atoms with Gasteiger partial charge in [-0.3, -0.25) is 4.79 Å². The second-order valence-electron chi connectivity index (χ2n) is 5.70. The number of rotatable bonds is 7. The molecule has 2 rings (SSSR count). The van der Waals surface area contributed by atoms with Crippen LogP contribution in [0.3, 0.4) is 0 Å². The molecular weight excluding hydrogens is 300 g/mol. The zero-order valence-corrected chi connectivity index (χ0v) is 13.8. The van der Waals surface area contributed by atoms with E-state index in [0.29, 0.717) is 12.0 Å². The summed E-state index contributed by atoms with van der Waals surface area (Å²) in [5.74, 6) is -0.663. The molecule has 1 aliphatic heterocycles. The summed E-state index contributed by atoms with van der Waals surface area (Å²) >= 11 is 0. The van der Waals surface area contributed by atoms with Crippen molar-refractivity contribution in [3.8, 4) is 5.75 Å². The average Bonchev–Trinajstić information content (AvgIpc) is 2.74. The summed E-state index contributed by atoms with van der Waals surface area (Å²) in [5, 5.41) is 9.48. The van der Waals surface area contributed by atoms with Crippen molar-refractivity contribution in [2.24, 2.45) is 5.92 Å². The minimum atomic E-state index is -3.80. The van der Waals surface area contributed by atoms with Gasteiger partial charge in [0.2, 0.25) is 9.84 Å². The molecule has 0 fully saturated rings. The zero-order chi connectivity index (χ0) is 16.3. The molecule has 1 aromatic carbocycles. The van der Waals surface area contributed by atoms with Gasteiger partial charge in [-0.05, 0) is 42.7 Å². The van der Waals surface area contributed by atoms with Crippen LogP contribution in [0.4, 0.5) is 0 Å². The molecule has 0 saturated carbocycles. The number of fused-ring (bicyclic) bond motifs is 1. The SMILES string of the molecule is CCCCCC(CC)C(=O)C1=Cc2ccc(O)cc2S1(=O)=O. The van der Waals surface area contributed by atoms with Crippen LogP contribution in [0.5, 0.6) is 5.75 Å². The molecule has 0 aromatic heterocycles. The van der Waals surface area contributed by atoms with Gasteiger partial charge in [0, 0.05) is 5.92 Å². The summed E-state index contributed by atoms with van der Waals surface area (Å²) in [5.41, 5.74) is 0.476. The number of Topliss-reactive ketones (excluding diaryl/α,β-unsaturated/α-hetero) is 1. The van der Waals surface area contributed by atoms with Gasteiger partial charge in [-0.15, -0.1) is 0 Å². The number of carbonyl (C=O) groups is 1. The van der Waals surface area contributed by atoms with Crippen molar-refractivity contribution in [1.82, 2.24) is 0 Å². The first-order chi connectivity index (χ1) is 10.4. The maximum Gasteiger partial charge on any atom is 0.210 e. The van der Waals surface area contributed by atoms with E-state index in [2.05, 4.69) is 6.92 Å². The Morgan fingerprint density at radius 3 is 2.59 bits per heavy atom. The third-order valence-electron chi connectivity index (χ3n) is 4.13. The third kappa shape index (κ3) is 3.09. The second kappa shape index (κ2) is 6.65. The number of allylic oxidation sites excluding steroid dienone is 1. The molecule has 1 atom stereocenters. The smallest absolute Gasteiger partial charge is 0.210 e. The standard InChI is InChI=1S/C17H22O4S/c1-3-5-6-7-12(4-2)17(19)16-10-13-8-9-14(18)11-15(13)22(16,20)21/h8-12,18H,3-7H2,1-2H3. The highest BCUT2D eigenvalue weighted by atomic mass is 32.2. The number of ketones is 1. The molecule has 1 aliphatic rings. The molecule has 1 aromatic rings. The van der Waals surface area contributed by atoms with E-state index in [1.165, 1.54) is 24.3 Å². The van der Waals surface area contributed by atoms with Crippen LogP contribution < -0.4 is 0 Å². The number of carbonyl (C=O) groups excluding carboxylic acids is 1. The third-order valence-corrected chi connectivity index (χ3v) is 5.96. The van der Waals surface area contributed by atoms with E-state index in [9.17, 15) is 18.3 Å². The van der Waals surface area contributed by atoms with Gasteiger partial charge in [0.15, 0.2) is 5.78 Å². The van der Waals surface area contributed by atoms with Crippen LogP contribution in [0.1, 0.15) is 51.5 Å². The van der Waals surface area contributed by atoms with E-state index in [0.717, 1.165) is 25.7 Å². The number of hydrogen-bond acceptors (Lipinski definition) is 4. The van der Waals surface area contributed by atoms with Gasteiger partial charge >= 0.3 is 0 Å². The number of unbranched alkanes of at least 4 members (excludes halogenated alkanes) is 2. The summed E-state index contributed by atoms with van der Waals surface area (Å²) in [6.45, 7) is 4.01. The van der Waals surface area contributed by atoms with Crippen LogP contribution in [0.25, 0.3) is 6.08 Å². The maximum atomic E-state index is 12.6. The van der Waals surface area contributed by atoms with Crippen LogP contribution in [0.2, 0.25) is 0 Å². The highest BCUT2D eigenvalue weighted by Gasteiger charge is 2.36. The first kappa shape index (κ1) is 16.7.